The second kappa shape index (κ2) is 13.4. The van der Waals surface area contributed by atoms with Crippen molar-refractivity contribution in [2.45, 2.75) is 0 Å². The summed E-state index contributed by atoms with van der Waals surface area (Å²) in [5.41, 5.74) is 12.3. The van der Waals surface area contributed by atoms with Crippen molar-refractivity contribution >= 4 is 64.9 Å². The third-order valence-electron chi connectivity index (χ3n) is 12.0. The second-order valence-electron chi connectivity index (χ2n) is 15.4. The number of rotatable bonds is 5. The van der Waals surface area contributed by atoms with Gasteiger partial charge in [-0.2, -0.15) is 0 Å². The molecule has 0 aliphatic rings. The minimum absolute atomic E-state index is 0.856. The van der Waals surface area contributed by atoms with Gasteiger partial charge in [0.25, 0.3) is 0 Å². The molecular weight excluding hydrogens is 715 g/mol. The Morgan fingerprint density at radius 3 is 1.53 bits per heavy atom. The third-order valence-corrected chi connectivity index (χ3v) is 12.0. The molecule has 9 aromatic carbocycles. The fourth-order valence-electron chi connectivity index (χ4n) is 9.28. The van der Waals surface area contributed by atoms with Gasteiger partial charge in [0.2, 0.25) is 0 Å². The van der Waals surface area contributed by atoms with Crippen molar-refractivity contribution in [1.29, 1.82) is 0 Å². The van der Waals surface area contributed by atoms with Gasteiger partial charge >= 0.3 is 0 Å². The van der Waals surface area contributed by atoms with E-state index < -0.39 is 0 Å². The van der Waals surface area contributed by atoms with Crippen molar-refractivity contribution in [2.24, 2.45) is 0 Å². The highest BCUT2D eigenvalue weighted by atomic mass is 15.0. The van der Waals surface area contributed by atoms with Gasteiger partial charge in [-0.15, -0.1) is 0 Å². The van der Waals surface area contributed by atoms with Gasteiger partial charge in [-0.3, -0.25) is 9.97 Å². The first-order valence-corrected chi connectivity index (χ1v) is 20.1. The Morgan fingerprint density at radius 1 is 0.305 bits per heavy atom. The Morgan fingerprint density at radius 2 is 0.847 bits per heavy atom. The van der Waals surface area contributed by atoms with E-state index in [0.717, 1.165) is 39.1 Å². The minimum Gasteiger partial charge on any atom is -0.308 e. The van der Waals surface area contributed by atoms with E-state index in [1.165, 1.54) is 76.3 Å². The van der Waals surface area contributed by atoms with Crippen LogP contribution in [0.4, 0.5) is 0 Å². The van der Waals surface area contributed by atoms with Gasteiger partial charge in [-0.25, -0.2) is 0 Å². The molecule has 12 aromatic rings. The van der Waals surface area contributed by atoms with E-state index in [1.54, 1.807) is 0 Å². The number of fused-ring (bicyclic) bond motifs is 7. The maximum absolute atomic E-state index is 4.92. The maximum Gasteiger partial charge on any atom is 0.0893 e. The van der Waals surface area contributed by atoms with Crippen molar-refractivity contribution in [2.75, 3.05) is 0 Å². The molecule has 12 rings (SSSR count). The van der Waals surface area contributed by atoms with Crippen LogP contribution in [0.5, 0.6) is 0 Å². The number of benzene rings is 9. The van der Waals surface area contributed by atoms with Crippen LogP contribution in [0.2, 0.25) is 0 Å². The summed E-state index contributed by atoms with van der Waals surface area (Å²) in [6, 6.07) is 72.8. The Labute approximate surface area is 341 Å². The lowest BCUT2D eigenvalue weighted by Gasteiger charge is -2.19. The molecule has 0 aliphatic carbocycles. The number of para-hydroxylation sites is 1. The third kappa shape index (κ3) is 5.44. The lowest BCUT2D eigenvalue weighted by atomic mass is 9.84. The van der Waals surface area contributed by atoms with E-state index in [-0.39, 0.29) is 0 Å². The summed E-state index contributed by atoms with van der Waals surface area (Å²) >= 11 is 0. The zero-order chi connectivity index (χ0) is 38.9. The highest BCUT2D eigenvalue weighted by Gasteiger charge is 2.20. The first-order valence-electron chi connectivity index (χ1n) is 20.1. The molecule has 274 valence electrons. The van der Waals surface area contributed by atoms with E-state index in [0.29, 0.717) is 0 Å². The van der Waals surface area contributed by atoms with Crippen molar-refractivity contribution in [1.82, 2.24) is 14.5 Å². The Bertz CT molecular complexity index is 3600. The SMILES string of the molecule is c1ccc(-n2c3ccc(-c4ccc5c(-c6ccc7ccccc7c6)c6ccccc6c(-c6ccc7ccccc7c6)c5c4)cc3c3cc(-c4ccccn4)ncc32)cc1. The van der Waals surface area contributed by atoms with Crippen LogP contribution in [0.3, 0.4) is 0 Å². The van der Waals surface area contributed by atoms with Gasteiger partial charge in [-0.1, -0.05) is 140 Å². The van der Waals surface area contributed by atoms with Crippen LogP contribution in [-0.2, 0) is 0 Å². The quantitative estimate of drug-likeness (QED) is 0.164. The molecule has 3 aromatic heterocycles. The zero-order valence-electron chi connectivity index (χ0n) is 32.0. The lowest BCUT2D eigenvalue weighted by molar-refractivity contribution is 1.16. The smallest absolute Gasteiger partial charge is 0.0893 e. The van der Waals surface area contributed by atoms with Crippen molar-refractivity contribution in [3.63, 3.8) is 0 Å². The predicted octanol–water partition coefficient (Wildman–Crippen LogP) is 14.9. The maximum atomic E-state index is 4.92. The number of hydrogen-bond acceptors (Lipinski definition) is 2. The summed E-state index contributed by atoms with van der Waals surface area (Å²) in [6.45, 7) is 0. The van der Waals surface area contributed by atoms with Crippen LogP contribution >= 0.6 is 0 Å². The minimum atomic E-state index is 0.856. The van der Waals surface area contributed by atoms with Gasteiger partial charge in [0.05, 0.1) is 28.6 Å². The molecule has 0 unspecified atom stereocenters. The standard InChI is InChI=1S/C56H35N3/c1-2-16-44(17-3-1)59-53-28-26-41(32-48(53)49-34-52(58-35-54(49)59)51-20-10-11-29-57-51)40-25-27-47-50(33-40)56(43-24-22-37-13-5-7-15-39(37)31-43)46-19-9-8-18-45(46)55(47)42-23-21-36-12-4-6-14-38(36)30-42/h1-35H. The van der Waals surface area contributed by atoms with Crippen LogP contribution in [0.25, 0.3) is 115 Å². The highest BCUT2D eigenvalue weighted by Crippen LogP contribution is 2.46. The first kappa shape index (κ1) is 33.3. The molecular formula is C56H35N3. The lowest BCUT2D eigenvalue weighted by Crippen LogP contribution is -1.94. The molecule has 0 bridgehead atoms. The molecule has 0 fully saturated rings. The molecule has 3 heterocycles. The molecule has 0 atom stereocenters. The van der Waals surface area contributed by atoms with E-state index in [4.69, 9.17) is 4.98 Å². The molecule has 0 spiro atoms. The summed E-state index contributed by atoms with van der Waals surface area (Å²) in [4.78, 5) is 9.56. The van der Waals surface area contributed by atoms with Crippen molar-refractivity contribution in [3.05, 3.63) is 213 Å². The number of nitrogens with zero attached hydrogens (tertiary/aromatic N) is 3. The van der Waals surface area contributed by atoms with Crippen LogP contribution in [0.15, 0.2) is 213 Å². The molecule has 3 nitrogen and oxygen atoms in total. The summed E-state index contributed by atoms with van der Waals surface area (Å²) in [6.07, 6.45) is 3.82. The molecule has 0 amide bonds. The predicted molar refractivity (Wildman–Crippen MR) is 248 cm³/mol. The Kier molecular flexibility index (Phi) is 7.54. The largest absolute Gasteiger partial charge is 0.308 e. The van der Waals surface area contributed by atoms with Crippen molar-refractivity contribution < 1.29 is 0 Å². The van der Waals surface area contributed by atoms with Gasteiger partial charge < -0.3 is 4.57 Å². The fourth-order valence-corrected chi connectivity index (χ4v) is 9.28. The fraction of sp³-hybridized carbons (Fsp3) is 0. The van der Waals surface area contributed by atoms with Gasteiger partial charge in [0.15, 0.2) is 0 Å². The number of hydrogen-bond donors (Lipinski definition) is 0. The van der Waals surface area contributed by atoms with Crippen LogP contribution in [0, 0.1) is 0 Å². The molecule has 3 heteroatoms. The average Bonchev–Trinajstić information content (AvgIpc) is 3.64. The monoisotopic (exact) mass is 749 g/mol. The summed E-state index contributed by atoms with van der Waals surface area (Å²) in [7, 11) is 0. The number of aromatic nitrogens is 3. The second-order valence-corrected chi connectivity index (χ2v) is 15.4. The zero-order valence-corrected chi connectivity index (χ0v) is 32.0. The van der Waals surface area contributed by atoms with Crippen molar-refractivity contribution in [3.8, 4) is 50.5 Å². The van der Waals surface area contributed by atoms with E-state index in [1.807, 2.05) is 30.6 Å². The summed E-state index contributed by atoms with van der Waals surface area (Å²) < 4.78 is 2.32. The van der Waals surface area contributed by atoms with Crippen LogP contribution in [0.1, 0.15) is 0 Å². The van der Waals surface area contributed by atoms with Crippen LogP contribution in [-0.4, -0.2) is 14.5 Å². The van der Waals surface area contributed by atoms with E-state index >= 15 is 0 Å². The first-order chi connectivity index (χ1) is 29.2. The van der Waals surface area contributed by atoms with Gasteiger partial charge in [0.1, 0.15) is 0 Å². The molecule has 0 saturated carbocycles. The Balaban J connectivity index is 1.14. The molecule has 0 aliphatic heterocycles. The molecule has 0 saturated heterocycles. The highest BCUT2D eigenvalue weighted by molar-refractivity contribution is 6.23. The molecule has 59 heavy (non-hydrogen) atoms. The Hall–Kier alpha value is -7.88. The normalized spacial score (nSPS) is 11.7. The average molecular weight is 750 g/mol. The molecule has 0 N–H and O–H groups in total. The molecule has 0 radical (unpaired) electrons. The van der Waals surface area contributed by atoms with E-state index in [2.05, 4.69) is 192 Å². The number of pyridine rings is 2. The van der Waals surface area contributed by atoms with Crippen LogP contribution < -0.4 is 0 Å². The van der Waals surface area contributed by atoms with Gasteiger partial charge in [-0.05, 0) is 137 Å². The topological polar surface area (TPSA) is 30.7 Å². The summed E-state index contributed by atoms with van der Waals surface area (Å²) in [5, 5.41) is 12.2. The van der Waals surface area contributed by atoms with E-state index in [9.17, 15) is 0 Å². The summed E-state index contributed by atoms with van der Waals surface area (Å²) in [5.74, 6) is 0. The van der Waals surface area contributed by atoms with Gasteiger partial charge in [0, 0.05) is 22.7 Å².